The zero-order valence-corrected chi connectivity index (χ0v) is 22.1. The van der Waals surface area contributed by atoms with Gasteiger partial charge in [-0.2, -0.15) is 0 Å². The first-order valence-corrected chi connectivity index (χ1v) is 14.9. The van der Waals surface area contributed by atoms with Crippen LogP contribution in [0, 0.1) is 5.41 Å². The molecule has 3 fully saturated rings. The lowest BCUT2D eigenvalue weighted by Gasteiger charge is -2.35. The van der Waals surface area contributed by atoms with Crippen LogP contribution in [0.25, 0.3) is 17.1 Å². The number of nitrogens with zero attached hydrogens (tertiary/aromatic N) is 6. The Kier molecular flexibility index (Phi) is 6.04. The van der Waals surface area contributed by atoms with E-state index in [0.717, 1.165) is 43.6 Å². The third-order valence-electron chi connectivity index (χ3n) is 7.96. The first-order valence-electron chi connectivity index (χ1n) is 13.0. The molecule has 3 aliphatic rings. The zero-order valence-electron chi connectivity index (χ0n) is 21.3. The number of hydrogen-bond donors (Lipinski definition) is 1. The molecule has 0 atom stereocenters. The van der Waals surface area contributed by atoms with Crippen LogP contribution in [0.3, 0.4) is 0 Å². The van der Waals surface area contributed by atoms with Crippen molar-refractivity contribution in [3.05, 3.63) is 42.6 Å². The molecular weight excluding hydrogens is 512 g/mol. The van der Waals surface area contributed by atoms with Crippen LogP contribution in [0.2, 0.25) is 0 Å². The number of nitrogens with one attached hydrogen (secondary N) is 1. The zero-order chi connectivity index (χ0) is 26.5. The summed E-state index contributed by atoms with van der Waals surface area (Å²) < 4.78 is 55.2. The maximum absolute atomic E-state index is 13.6. The summed E-state index contributed by atoms with van der Waals surface area (Å²) in [5.74, 6) is -1.97. The molecule has 202 valence electrons. The van der Waals surface area contributed by atoms with E-state index >= 15 is 0 Å². The van der Waals surface area contributed by atoms with Gasteiger partial charge in [0.25, 0.3) is 5.92 Å². The smallest absolute Gasteiger partial charge is 0.251 e. The lowest BCUT2D eigenvalue weighted by Crippen LogP contribution is -2.39. The average molecular weight is 544 g/mol. The lowest BCUT2D eigenvalue weighted by molar-refractivity contribution is -0.0221. The van der Waals surface area contributed by atoms with Gasteiger partial charge in [0.2, 0.25) is 10.0 Å². The van der Waals surface area contributed by atoms with Crippen LogP contribution >= 0.6 is 0 Å². The minimum Gasteiger partial charge on any atom is -0.370 e. The molecule has 0 radical (unpaired) electrons. The van der Waals surface area contributed by atoms with Crippen molar-refractivity contribution < 1.29 is 17.2 Å². The molecular formula is C26H31F2N7O2S. The molecule has 3 aromatic rings. The van der Waals surface area contributed by atoms with E-state index in [2.05, 4.69) is 24.9 Å². The summed E-state index contributed by atoms with van der Waals surface area (Å²) >= 11 is 0. The van der Waals surface area contributed by atoms with Crippen molar-refractivity contribution in [1.29, 1.82) is 0 Å². The largest absolute Gasteiger partial charge is 0.370 e. The van der Waals surface area contributed by atoms with Crippen LogP contribution in [0.4, 0.5) is 26.0 Å². The summed E-state index contributed by atoms with van der Waals surface area (Å²) in [6.45, 7) is 2.31. The number of pyridine rings is 1. The second-order valence-electron chi connectivity index (χ2n) is 10.8. The van der Waals surface area contributed by atoms with Crippen molar-refractivity contribution in [2.45, 2.75) is 44.4 Å². The first kappa shape index (κ1) is 25.0. The van der Waals surface area contributed by atoms with E-state index in [0.29, 0.717) is 28.3 Å². The van der Waals surface area contributed by atoms with Crippen LogP contribution in [-0.2, 0) is 10.0 Å². The molecule has 2 aromatic heterocycles. The predicted molar refractivity (Wildman–Crippen MR) is 143 cm³/mol. The highest BCUT2D eigenvalue weighted by Gasteiger charge is 2.44. The predicted octanol–water partition coefficient (Wildman–Crippen LogP) is 4.32. The number of hydrogen-bond acceptors (Lipinski definition) is 7. The second kappa shape index (κ2) is 9.18. The van der Waals surface area contributed by atoms with Gasteiger partial charge in [0, 0.05) is 39.0 Å². The number of sulfonamides is 1. The Balaban J connectivity index is 1.28. The molecule has 0 bridgehead atoms. The average Bonchev–Trinajstić information content (AvgIpc) is 3.44. The fraction of sp³-hybridized carbons (Fsp3) is 0.500. The summed E-state index contributed by atoms with van der Waals surface area (Å²) in [6, 6.07) is 10.9. The van der Waals surface area contributed by atoms with Gasteiger partial charge in [-0.1, -0.05) is 11.3 Å². The molecule has 1 N–H and O–H groups in total. The van der Waals surface area contributed by atoms with Crippen LogP contribution in [-0.4, -0.2) is 66.8 Å². The maximum Gasteiger partial charge on any atom is 0.251 e. The number of alkyl halides is 2. The topological polar surface area (TPSA) is 96.2 Å². The highest BCUT2D eigenvalue weighted by Crippen LogP contribution is 2.54. The van der Waals surface area contributed by atoms with Gasteiger partial charge in [-0.3, -0.25) is 4.72 Å². The summed E-state index contributed by atoms with van der Waals surface area (Å²) in [7, 11) is -3.42. The first-order chi connectivity index (χ1) is 18.1. The monoisotopic (exact) mass is 543 g/mol. The molecule has 4 heterocycles. The molecule has 2 aliphatic heterocycles. The highest BCUT2D eigenvalue weighted by atomic mass is 32.2. The Hall–Kier alpha value is -3.28. The van der Waals surface area contributed by atoms with Crippen LogP contribution in [0.5, 0.6) is 0 Å². The molecule has 0 unspecified atom stereocenters. The van der Waals surface area contributed by atoms with E-state index in [1.165, 1.54) is 12.8 Å². The Bertz CT molecular complexity index is 1440. The fourth-order valence-corrected chi connectivity index (χ4v) is 6.01. The van der Waals surface area contributed by atoms with Gasteiger partial charge in [0.1, 0.15) is 11.5 Å². The Morgan fingerprint density at radius 2 is 1.58 bits per heavy atom. The molecule has 1 aromatic carbocycles. The molecule has 12 heteroatoms. The summed E-state index contributed by atoms with van der Waals surface area (Å²) in [4.78, 5) is 8.85. The molecule has 9 nitrogen and oxygen atoms in total. The van der Waals surface area contributed by atoms with Gasteiger partial charge in [0.15, 0.2) is 0 Å². The summed E-state index contributed by atoms with van der Waals surface area (Å²) in [5, 5.41) is 8.73. The third kappa shape index (κ3) is 5.31. The molecule has 1 aliphatic carbocycles. The van der Waals surface area contributed by atoms with Crippen molar-refractivity contribution in [3.63, 3.8) is 0 Å². The van der Waals surface area contributed by atoms with E-state index in [-0.39, 0.29) is 25.9 Å². The Morgan fingerprint density at radius 1 is 0.868 bits per heavy atom. The number of aromatic nitrogens is 4. The number of piperidine rings is 2. The number of anilines is 3. The Labute approximate surface area is 220 Å². The van der Waals surface area contributed by atoms with Crippen molar-refractivity contribution >= 4 is 27.2 Å². The van der Waals surface area contributed by atoms with E-state index in [1.54, 1.807) is 16.9 Å². The quantitative estimate of drug-likeness (QED) is 0.495. The Morgan fingerprint density at radius 3 is 2.26 bits per heavy atom. The number of halogens is 2. The SMILES string of the molecule is CS(=O)(=O)Nc1ccc(-n2cc(-c3cccc(N4CCC(F)(F)CC4)n3)nn2)c(N2CCC3(CC2)CC3)c1. The van der Waals surface area contributed by atoms with Gasteiger partial charge in [-0.25, -0.2) is 26.9 Å². The van der Waals surface area contributed by atoms with Gasteiger partial charge < -0.3 is 9.80 Å². The standard InChI is InChI=1S/C26H31F2N7O2S/c1-38(36,37)31-19-5-6-22(23(17-19)33-13-9-25(7-8-25)10-14-33)35-18-21(30-32-35)20-3-2-4-24(29-20)34-15-11-26(27,28)12-16-34/h2-6,17-18,31H,7-16H2,1H3. The van der Waals surface area contributed by atoms with E-state index in [9.17, 15) is 17.2 Å². The molecule has 1 spiro atoms. The minimum absolute atomic E-state index is 0.181. The maximum atomic E-state index is 13.6. The van der Waals surface area contributed by atoms with E-state index in [1.807, 2.05) is 35.2 Å². The van der Waals surface area contributed by atoms with Gasteiger partial charge in [-0.05, 0) is 61.4 Å². The molecule has 1 saturated carbocycles. The van der Waals surface area contributed by atoms with Crippen LogP contribution in [0.15, 0.2) is 42.6 Å². The van der Waals surface area contributed by atoms with E-state index in [4.69, 9.17) is 0 Å². The minimum atomic E-state index is -3.42. The van der Waals surface area contributed by atoms with Crippen molar-refractivity contribution in [2.24, 2.45) is 5.41 Å². The normalized spacial score (nSPS) is 20.5. The van der Waals surface area contributed by atoms with Crippen molar-refractivity contribution in [3.8, 4) is 17.1 Å². The third-order valence-corrected chi connectivity index (χ3v) is 8.56. The van der Waals surface area contributed by atoms with E-state index < -0.39 is 15.9 Å². The number of benzene rings is 1. The highest BCUT2D eigenvalue weighted by molar-refractivity contribution is 7.92. The molecule has 2 saturated heterocycles. The fourth-order valence-electron chi connectivity index (χ4n) is 5.45. The van der Waals surface area contributed by atoms with Crippen molar-refractivity contribution in [1.82, 2.24) is 20.0 Å². The number of rotatable bonds is 6. The van der Waals surface area contributed by atoms with Crippen LogP contribution < -0.4 is 14.5 Å². The van der Waals surface area contributed by atoms with Gasteiger partial charge in [0.05, 0.1) is 35.2 Å². The van der Waals surface area contributed by atoms with Crippen molar-refractivity contribution in [2.75, 3.05) is 47.0 Å². The molecule has 38 heavy (non-hydrogen) atoms. The lowest BCUT2D eigenvalue weighted by atomic mass is 9.93. The summed E-state index contributed by atoms with van der Waals surface area (Å²) in [5.41, 5.74) is 3.86. The van der Waals surface area contributed by atoms with Gasteiger partial charge >= 0.3 is 0 Å². The van der Waals surface area contributed by atoms with Crippen LogP contribution in [0.1, 0.15) is 38.5 Å². The summed E-state index contributed by atoms with van der Waals surface area (Å²) in [6.07, 6.45) is 7.41. The molecule has 0 amide bonds. The second-order valence-corrected chi connectivity index (χ2v) is 12.6. The molecule has 6 rings (SSSR count). The van der Waals surface area contributed by atoms with Gasteiger partial charge in [-0.15, -0.1) is 5.10 Å².